The standard InChI is InChI=1S/C11H23N3OS/c1-9(2)14(8-11(12)16)7-10-6-13(3)4-5-15-10/h9-10H,4-8H2,1-3H3,(H2,12,16). The average molecular weight is 245 g/mol. The second-order valence-electron chi connectivity index (χ2n) is 4.74. The highest BCUT2D eigenvalue weighted by Gasteiger charge is 2.22. The van der Waals surface area contributed by atoms with Crippen LogP contribution in [-0.4, -0.2) is 66.8 Å². The molecule has 1 rings (SSSR count). The summed E-state index contributed by atoms with van der Waals surface area (Å²) in [5.41, 5.74) is 5.60. The van der Waals surface area contributed by atoms with Crippen LogP contribution in [0.15, 0.2) is 0 Å². The number of ether oxygens (including phenoxy) is 1. The molecule has 0 saturated carbocycles. The normalized spacial score (nSPS) is 22.9. The second kappa shape index (κ2) is 6.49. The van der Waals surface area contributed by atoms with Gasteiger partial charge in [-0.1, -0.05) is 12.2 Å². The number of thiocarbonyl (C=S) groups is 1. The molecule has 1 fully saturated rings. The van der Waals surface area contributed by atoms with Gasteiger partial charge in [-0.05, 0) is 20.9 Å². The summed E-state index contributed by atoms with van der Waals surface area (Å²) in [6.45, 7) is 8.72. The van der Waals surface area contributed by atoms with E-state index in [0.717, 1.165) is 26.2 Å². The number of nitrogens with two attached hydrogens (primary N) is 1. The van der Waals surface area contributed by atoms with Crippen LogP contribution in [0.25, 0.3) is 0 Å². The molecule has 2 N–H and O–H groups in total. The molecule has 0 aromatic rings. The van der Waals surface area contributed by atoms with E-state index in [4.69, 9.17) is 22.7 Å². The molecule has 1 heterocycles. The van der Waals surface area contributed by atoms with Crippen molar-refractivity contribution in [2.45, 2.75) is 26.0 Å². The Morgan fingerprint density at radius 3 is 2.81 bits per heavy atom. The van der Waals surface area contributed by atoms with Gasteiger partial charge in [-0.2, -0.15) is 0 Å². The Bertz CT molecular complexity index is 235. The average Bonchev–Trinajstić information content (AvgIpc) is 2.15. The van der Waals surface area contributed by atoms with Crippen LogP contribution >= 0.6 is 12.2 Å². The van der Waals surface area contributed by atoms with Crippen LogP contribution in [0.1, 0.15) is 13.8 Å². The molecule has 1 unspecified atom stereocenters. The fraction of sp³-hybridized carbons (Fsp3) is 0.909. The first-order chi connectivity index (χ1) is 7.49. The number of hydrogen-bond donors (Lipinski definition) is 1. The summed E-state index contributed by atoms with van der Waals surface area (Å²) in [6.07, 6.45) is 0.274. The van der Waals surface area contributed by atoms with Crippen molar-refractivity contribution in [1.29, 1.82) is 0 Å². The number of nitrogens with zero attached hydrogens (tertiary/aromatic N) is 2. The summed E-state index contributed by atoms with van der Waals surface area (Å²) in [7, 11) is 2.13. The molecule has 1 aliphatic heterocycles. The van der Waals surface area contributed by atoms with E-state index < -0.39 is 0 Å². The fourth-order valence-corrected chi connectivity index (χ4v) is 2.06. The Labute approximate surface area is 104 Å². The third kappa shape index (κ3) is 4.74. The van der Waals surface area contributed by atoms with Gasteiger partial charge >= 0.3 is 0 Å². The van der Waals surface area contributed by atoms with E-state index in [1.54, 1.807) is 0 Å². The first-order valence-corrected chi connectivity index (χ1v) is 6.22. The van der Waals surface area contributed by atoms with E-state index in [-0.39, 0.29) is 6.10 Å². The predicted octanol–water partition coefficient (Wildman–Crippen LogP) is 0.314. The Kier molecular flexibility index (Phi) is 5.61. The Hall–Kier alpha value is -0.230. The molecule has 4 nitrogen and oxygen atoms in total. The monoisotopic (exact) mass is 245 g/mol. The van der Waals surface area contributed by atoms with Crippen LogP contribution < -0.4 is 5.73 Å². The van der Waals surface area contributed by atoms with Crippen molar-refractivity contribution in [3.05, 3.63) is 0 Å². The minimum Gasteiger partial charge on any atom is -0.392 e. The summed E-state index contributed by atoms with van der Waals surface area (Å²) >= 11 is 4.97. The van der Waals surface area contributed by atoms with Gasteiger partial charge in [0.15, 0.2) is 0 Å². The van der Waals surface area contributed by atoms with E-state index in [9.17, 15) is 0 Å². The number of morpholine rings is 1. The lowest BCUT2D eigenvalue weighted by Crippen LogP contribution is -2.49. The molecule has 94 valence electrons. The fourth-order valence-electron chi connectivity index (χ4n) is 1.90. The minimum absolute atomic E-state index is 0.274. The lowest BCUT2D eigenvalue weighted by atomic mass is 10.2. The molecule has 0 bridgehead atoms. The molecule has 0 radical (unpaired) electrons. The second-order valence-corrected chi connectivity index (χ2v) is 5.27. The molecule has 0 amide bonds. The summed E-state index contributed by atoms with van der Waals surface area (Å²) in [4.78, 5) is 5.12. The molecule has 0 spiro atoms. The maximum atomic E-state index is 5.74. The van der Waals surface area contributed by atoms with Crippen molar-refractivity contribution < 1.29 is 4.74 Å². The van der Waals surface area contributed by atoms with Crippen molar-refractivity contribution in [3.63, 3.8) is 0 Å². The van der Waals surface area contributed by atoms with Crippen LogP contribution in [0.4, 0.5) is 0 Å². The summed E-state index contributed by atoms with van der Waals surface area (Å²) in [5.74, 6) is 0. The maximum Gasteiger partial charge on any atom is 0.0870 e. The molecular weight excluding hydrogens is 222 g/mol. The van der Waals surface area contributed by atoms with Crippen LogP contribution in [0.3, 0.4) is 0 Å². The van der Waals surface area contributed by atoms with E-state index in [2.05, 4.69) is 30.7 Å². The molecule has 0 aromatic carbocycles. The highest BCUT2D eigenvalue weighted by Crippen LogP contribution is 2.07. The number of hydrogen-bond acceptors (Lipinski definition) is 4. The first kappa shape index (κ1) is 13.8. The van der Waals surface area contributed by atoms with Gasteiger partial charge in [0.1, 0.15) is 0 Å². The van der Waals surface area contributed by atoms with Gasteiger partial charge < -0.3 is 15.4 Å². The van der Waals surface area contributed by atoms with Crippen LogP contribution in [0.2, 0.25) is 0 Å². The highest BCUT2D eigenvalue weighted by atomic mass is 32.1. The molecule has 1 saturated heterocycles. The molecule has 1 aliphatic rings. The van der Waals surface area contributed by atoms with Crippen molar-refractivity contribution in [2.75, 3.05) is 39.8 Å². The number of likely N-dealkylation sites (N-methyl/N-ethyl adjacent to an activating group) is 1. The van der Waals surface area contributed by atoms with Crippen LogP contribution in [0.5, 0.6) is 0 Å². The first-order valence-electron chi connectivity index (χ1n) is 5.81. The Balaban J connectivity index is 2.44. The van der Waals surface area contributed by atoms with Crippen molar-refractivity contribution >= 4 is 17.2 Å². The quantitative estimate of drug-likeness (QED) is 0.706. The van der Waals surface area contributed by atoms with Gasteiger partial charge in [-0.15, -0.1) is 0 Å². The SMILES string of the molecule is CC(C)N(CC(N)=S)CC1CN(C)CCO1. The zero-order valence-corrected chi connectivity index (χ0v) is 11.3. The molecule has 16 heavy (non-hydrogen) atoms. The lowest BCUT2D eigenvalue weighted by molar-refractivity contribution is -0.0372. The smallest absolute Gasteiger partial charge is 0.0870 e. The van der Waals surface area contributed by atoms with E-state index in [1.807, 2.05) is 0 Å². The Morgan fingerprint density at radius 1 is 1.62 bits per heavy atom. The van der Waals surface area contributed by atoms with Gasteiger partial charge in [0.05, 0.1) is 17.7 Å². The summed E-state index contributed by atoms with van der Waals surface area (Å²) in [6, 6.07) is 0.442. The third-order valence-electron chi connectivity index (χ3n) is 2.87. The zero-order valence-electron chi connectivity index (χ0n) is 10.5. The Morgan fingerprint density at radius 2 is 2.31 bits per heavy atom. The third-order valence-corrected chi connectivity index (χ3v) is 3.00. The number of rotatable bonds is 5. The van der Waals surface area contributed by atoms with Crippen molar-refractivity contribution in [3.8, 4) is 0 Å². The maximum absolute atomic E-state index is 5.74. The van der Waals surface area contributed by atoms with Gasteiger partial charge in [0, 0.05) is 32.2 Å². The highest BCUT2D eigenvalue weighted by molar-refractivity contribution is 7.80. The zero-order chi connectivity index (χ0) is 12.1. The summed E-state index contributed by atoms with van der Waals surface area (Å²) < 4.78 is 5.74. The topological polar surface area (TPSA) is 41.7 Å². The molecule has 0 aromatic heterocycles. The molecule has 1 atom stereocenters. The molecular formula is C11H23N3OS. The largest absolute Gasteiger partial charge is 0.392 e. The molecule has 5 heteroatoms. The minimum atomic E-state index is 0.274. The van der Waals surface area contributed by atoms with Crippen molar-refractivity contribution in [2.24, 2.45) is 5.73 Å². The lowest BCUT2D eigenvalue weighted by Gasteiger charge is -2.35. The van der Waals surface area contributed by atoms with Crippen LogP contribution in [0, 0.1) is 0 Å². The summed E-state index contributed by atoms with van der Waals surface area (Å²) in [5, 5.41) is 0. The van der Waals surface area contributed by atoms with E-state index in [0.29, 0.717) is 17.6 Å². The van der Waals surface area contributed by atoms with Gasteiger partial charge in [-0.25, -0.2) is 0 Å². The van der Waals surface area contributed by atoms with Gasteiger partial charge in [-0.3, -0.25) is 4.90 Å². The van der Waals surface area contributed by atoms with Gasteiger partial charge in [0.25, 0.3) is 0 Å². The van der Waals surface area contributed by atoms with E-state index >= 15 is 0 Å². The molecule has 0 aliphatic carbocycles. The van der Waals surface area contributed by atoms with Crippen molar-refractivity contribution in [1.82, 2.24) is 9.80 Å². The van der Waals surface area contributed by atoms with Gasteiger partial charge in [0.2, 0.25) is 0 Å². The predicted molar refractivity (Wildman–Crippen MR) is 70.7 cm³/mol. The van der Waals surface area contributed by atoms with Crippen LogP contribution in [-0.2, 0) is 4.74 Å². The van der Waals surface area contributed by atoms with E-state index in [1.165, 1.54) is 0 Å².